The number of anilines is 1. The number of benzene rings is 2. The van der Waals surface area contributed by atoms with E-state index in [1.165, 1.54) is 46.6 Å². The minimum absolute atomic E-state index is 0. The van der Waals surface area contributed by atoms with E-state index in [9.17, 15) is 19.3 Å². The van der Waals surface area contributed by atoms with Gasteiger partial charge in [0.2, 0.25) is 0 Å². The monoisotopic (exact) mass is 438 g/mol. The van der Waals surface area contributed by atoms with E-state index in [2.05, 4.69) is 4.98 Å². The lowest BCUT2D eigenvalue weighted by atomic mass is 10.2. The maximum absolute atomic E-state index is 14.0. The third kappa shape index (κ3) is 5.26. The maximum atomic E-state index is 14.0. The molecule has 3 rings (SSSR count). The van der Waals surface area contributed by atoms with Crippen molar-refractivity contribution >= 4 is 50.7 Å². The molecular formula is C19H20ClFN4O3S. The molecule has 1 aromatic heterocycles. The quantitative estimate of drug-likeness (QED) is 0.404. The van der Waals surface area contributed by atoms with Gasteiger partial charge in [-0.1, -0.05) is 17.4 Å². The predicted molar refractivity (Wildman–Crippen MR) is 115 cm³/mol. The zero-order valence-corrected chi connectivity index (χ0v) is 17.5. The molecule has 3 aromatic rings. The number of rotatable bonds is 7. The molecule has 0 saturated carbocycles. The standard InChI is InChI=1S/C19H19FN4O3S.ClH/c1-22(2)11-4-12-23(18(25)13-7-9-14(10-8-13)24(26)27)19-21-17-15(20)5-3-6-16(17)28-19;/h3,5-10H,4,11-12H2,1-2H3;1H. The van der Waals surface area contributed by atoms with Gasteiger partial charge in [0.15, 0.2) is 5.13 Å². The topological polar surface area (TPSA) is 79.6 Å². The lowest BCUT2D eigenvalue weighted by Gasteiger charge is -2.21. The minimum atomic E-state index is -0.514. The lowest BCUT2D eigenvalue weighted by molar-refractivity contribution is -0.384. The highest BCUT2D eigenvalue weighted by Gasteiger charge is 2.22. The lowest BCUT2D eigenvalue weighted by Crippen LogP contribution is -2.33. The van der Waals surface area contributed by atoms with Crippen LogP contribution >= 0.6 is 23.7 Å². The van der Waals surface area contributed by atoms with E-state index in [-0.39, 0.29) is 29.5 Å². The van der Waals surface area contributed by atoms with E-state index >= 15 is 0 Å². The first-order chi connectivity index (χ1) is 13.4. The summed E-state index contributed by atoms with van der Waals surface area (Å²) in [4.78, 5) is 31.2. The number of carbonyl (C=O) groups is 1. The van der Waals surface area contributed by atoms with Crippen LogP contribution in [-0.2, 0) is 0 Å². The molecule has 1 heterocycles. The molecule has 0 spiro atoms. The van der Waals surface area contributed by atoms with Gasteiger partial charge in [-0.25, -0.2) is 9.37 Å². The molecule has 2 aromatic carbocycles. The molecule has 1 amide bonds. The van der Waals surface area contributed by atoms with Crippen LogP contribution in [0.1, 0.15) is 16.8 Å². The van der Waals surface area contributed by atoms with Gasteiger partial charge in [-0.05, 0) is 51.3 Å². The Morgan fingerprint density at radius 2 is 1.86 bits per heavy atom. The highest BCUT2D eigenvalue weighted by Crippen LogP contribution is 2.31. The number of aromatic nitrogens is 1. The second kappa shape index (κ2) is 9.73. The number of hydrogen-bond acceptors (Lipinski definition) is 6. The summed E-state index contributed by atoms with van der Waals surface area (Å²) in [6, 6.07) is 10.1. The van der Waals surface area contributed by atoms with Crippen LogP contribution < -0.4 is 4.90 Å². The first-order valence-corrected chi connectivity index (χ1v) is 9.44. The van der Waals surface area contributed by atoms with Gasteiger partial charge in [-0.3, -0.25) is 19.8 Å². The average molecular weight is 439 g/mol. The van der Waals surface area contributed by atoms with Gasteiger partial charge in [-0.15, -0.1) is 12.4 Å². The maximum Gasteiger partial charge on any atom is 0.269 e. The molecule has 0 aliphatic rings. The first kappa shape index (κ1) is 22.7. The molecule has 0 radical (unpaired) electrons. The zero-order valence-electron chi connectivity index (χ0n) is 15.9. The fourth-order valence-electron chi connectivity index (χ4n) is 2.73. The van der Waals surface area contributed by atoms with Crippen LogP contribution in [0.4, 0.5) is 15.2 Å². The van der Waals surface area contributed by atoms with E-state index in [1.807, 2.05) is 19.0 Å². The number of nitro benzene ring substituents is 1. The van der Waals surface area contributed by atoms with E-state index in [0.717, 1.165) is 6.54 Å². The summed E-state index contributed by atoms with van der Waals surface area (Å²) < 4.78 is 14.7. The molecule has 0 bridgehead atoms. The second-order valence-electron chi connectivity index (χ2n) is 6.50. The Labute approximate surface area is 177 Å². The van der Waals surface area contributed by atoms with Crippen LogP contribution in [0, 0.1) is 15.9 Å². The van der Waals surface area contributed by atoms with Crippen molar-refractivity contribution in [3.63, 3.8) is 0 Å². The van der Waals surface area contributed by atoms with Gasteiger partial charge in [0, 0.05) is 24.2 Å². The van der Waals surface area contributed by atoms with Gasteiger partial charge >= 0.3 is 0 Å². The summed E-state index contributed by atoms with van der Waals surface area (Å²) in [6.45, 7) is 1.17. The largest absolute Gasteiger partial charge is 0.309 e. The Hall–Kier alpha value is -2.62. The third-order valence-corrected chi connectivity index (χ3v) is 5.19. The van der Waals surface area contributed by atoms with Crippen molar-refractivity contribution in [3.05, 3.63) is 64.0 Å². The predicted octanol–water partition coefficient (Wildman–Crippen LogP) is 4.36. The van der Waals surface area contributed by atoms with Gasteiger partial charge < -0.3 is 4.90 Å². The molecule has 0 atom stereocenters. The third-order valence-electron chi connectivity index (χ3n) is 4.15. The Morgan fingerprint density at radius 1 is 1.17 bits per heavy atom. The van der Waals surface area contributed by atoms with E-state index in [1.54, 1.807) is 12.1 Å². The number of carbonyl (C=O) groups excluding carboxylic acids is 1. The van der Waals surface area contributed by atoms with E-state index < -0.39 is 10.7 Å². The van der Waals surface area contributed by atoms with Crippen molar-refractivity contribution in [2.75, 3.05) is 32.1 Å². The number of thiazole rings is 1. The smallest absolute Gasteiger partial charge is 0.269 e. The molecule has 0 N–H and O–H groups in total. The van der Waals surface area contributed by atoms with Crippen LogP contribution in [0.5, 0.6) is 0 Å². The molecule has 0 unspecified atom stereocenters. The molecule has 0 aliphatic carbocycles. The van der Waals surface area contributed by atoms with Crippen molar-refractivity contribution in [2.45, 2.75) is 6.42 Å². The fourth-order valence-corrected chi connectivity index (χ4v) is 3.73. The van der Waals surface area contributed by atoms with Crippen molar-refractivity contribution in [3.8, 4) is 0 Å². The van der Waals surface area contributed by atoms with Gasteiger partial charge in [0.25, 0.3) is 11.6 Å². The fraction of sp³-hybridized carbons (Fsp3) is 0.263. The number of hydrogen-bond donors (Lipinski definition) is 0. The highest BCUT2D eigenvalue weighted by atomic mass is 35.5. The first-order valence-electron chi connectivity index (χ1n) is 8.63. The Kier molecular flexibility index (Phi) is 7.60. The van der Waals surface area contributed by atoms with Crippen LogP contribution in [-0.4, -0.2) is 47.9 Å². The average Bonchev–Trinajstić information content (AvgIpc) is 3.10. The van der Waals surface area contributed by atoms with Crippen LogP contribution in [0.2, 0.25) is 0 Å². The molecule has 0 fully saturated rings. The normalized spacial score (nSPS) is 10.8. The minimum Gasteiger partial charge on any atom is -0.309 e. The summed E-state index contributed by atoms with van der Waals surface area (Å²) in [6.07, 6.45) is 0.699. The van der Waals surface area contributed by atoms with Crippen molar-refractivity contribution in [2.24, 2.45) is 0 Å². The van der Waals surface area contributed by atoms with Gasteiger partial charge in [-0.2, -0.15) is 0 Å². The van der Waals surface area contributed by atoms with E-state index in [0.29, 0.717) is 28.4 Å². The second-order valence-corrected chi connectivity index (χ2v) is 7.51. The number of fused-ring (bicyclic) bond motifs is 1. The summed E-state index contributed by atoms with van der Waals surface area (Å²) in [5, 5.41) is 11.2. The zero-order chi connectivity index (χ0) is 20.3. The van der Waals surface area contributed by atoms with Crippen molar-refractivity contribution < 1.29 is 14.1 Å². The summed E-state index contributed by atoms with van der Waals surface area (Å²) in [7, 11) is 3.88. The molecule has 154 valence electrons. The van der Waals surface area contributed by atoms with Crippen molar-refractivity contribution in [1.29, 1.82) is 0 Å². The molecule has 7 nitrogen and oxygen atoms in total. The number of halogens is 2. The summed E-state index contributed by atoms with van der Waals surface area (Å²) in [5.41, 5.74) is 0.463. The number of para-hydroxylation sites is 1. The molecule has 29 heavy (non-hydrogen) atoms. The Balaban J connectivity index is 0.00000300. The Bertz CT molecular complexity index is 1010. The van der Waals surface area contributed by atoms with Crippen LogP contribution in [0.15, 0.2) is 42.5 Å². The summed E-state index contributed by atoms with van der Waals surface area (Å²) in [5.74, 6) is -0.760. The van der Waals surface area contributed by atoms with Crippen LogP contribution in [0.25, 0.3) is 10.2 Å². The summed E-state index contributed by atoms with van der Waals surface area (Å²) >= 11 is 1.24. The molecule has 0 aliphatic heterocycles. The van der Waals surface area contributed by atoms with Gasteiger partial charge in [0.05, 0.1) is 9.62 Å². The number of nitrogens with zero attached hydrogens (tertiary/aromatic N) is 4. The molecule has 10 heteroatoms. The van der Waals surface area contributed by atoms with Crippen molar-refractivity contribution in [1.82, 2.24) is 9.88 Å². The SMILES string of the molecule is CN(C)CCCN(C(=O)c1ccc([N+](=O)[O-])cc1)c1nc2c(F)cccc2s1.Cl. The number of amides is 1. The highest BCUT2D eigenvalue weighted by molar-refractivity contribution is 7.22. The Morgan fingerprint density at radius 3 is 2.45 bits per heavy atom. The molecule has 0 saturated heterocycles. The number of nitro groups is 1. The number of non-ortho nitro benzene ring substituents is 1. The molecular weight excluding hydrogens is 419 g/mol. The van der Waals surface area contributed by atoms with Crippen LogP contribution in [0.3, 0.4) is 0 Å². The van der Waals surface area contributed by atoms with Gasteiger partial charge in [0.1, 0.15) is 11.3 Å². The van der Waals surface area contributed by atoms with E-state index in [4.69, 9.17) is 0 Å².